The standard InChI is InChI=1S/C43H68NO8P/c1-3-5-7-9-11-13-15-17-19-20-22-23-25-27-29-31-33-35-42(45)49-39-41(40-51-53(47,48)50-38-37-44)52-43(46)36-34-32-30-28-26-24-21-18-16-14-12-10-8-6-4-2/h5-8,11-14,17-19,21-23,26-29,41H,3-4,9-10,15-16,20,24-25,30-40,44H2,1-2H3,(H,47,48)/b7-5-,8-6-,13-11-,14-12-,19-17-,21-18-,23-22-,28-26-,29-27-/t41-/m1/s1. The van der Waals surface area contributed by atoms with E-state index in [0.29, 0.717) is 12.8 Å². The molecule has 0 amide bonds. The van der Waals surface area contributed by atoms with Gasteiger partial charge in [0.2, 0.25) is 0 Å². The molecular formula is C43H68NO8P. The Morgan fingerprint density at radius 2 is 0.981 bits per heavy atom. The molecular weight excluding hydrogens is 689 g/mol. The van der Waals surface area contributed by atoms with Crippen molar-refractivity contribution in [2.45, 2.75) is 123 Å². The third kappa shape index (κ3) is 38.2. The van der Waals surface area contributed by atoms with Crippen molar-refractivity contribution in [1.29, 1.82) is 0 Å². The van der Waals surface area contributed by atoms with E-state index >= 15 is 0 Å². The van der Waals surface area contributed by atoms with Crippen LogP contribution in [0.5, 0.6) is 0 Å². The molecule has 0 spiro atoms. The molecule has 0 aromatic heterocycles. The summed E-state index contributed by atoms with van der Waals surface area (Å²) in [4.78, 5) is 34.7. The molecule has 1 unspecified atom stereocenters. The molecule has 298 valence electrons. The van der Waals surface area contributed by atoms with Gasteiger partial charge in [-0.1, -0.05) is 123 Å². The normalized spacial score (nSPS) is 14.6. The van der Waals surface area contributed by atoms with Gasteiger partial charge in [-0.25, -0.2) is 4.57 Å². The maximum Gasteiger partial charge on any atom is 0.472 e. The van der Waals surface area contributed by atoms with Crippen LogP contribution in [0.25, 0.3) is 0 Å². The largest absolute Gasteiger partial charge is 0.472 e. The molecule has 3 N–H and O–H groups in total. The lowest BCUT2D eigenvalue weighted by Crippen LogP contribution is -2.29. The lowest BCUT2D eigenvalue weighted by molar-refractivity contribution is -0.161. The molecule has 0 bridgehead atoms. The average Bonchev–Trinajstić information content (AvgIpc) is 3.14. The van der Waals surface area contributed by atoms with E-state index < -0.39 is 32.5 Å². The van der Waals surface area contributed by atoms with E-state index in [9.17, 15) is 19.0 Å². The monoisotopic (exact) mass is 757 g/mol. The SMILES string of the molecule is CC/C=C\C/C=C\C/C=C\C/C=C\C/C=C\CCCC(=O)OC[C@H](COP(=O)(O)OCCN)OC(=O)CCCC/C=C\C/C=C\C/C=C\C/C=C\CC. The number of ether oxygens (including phenoxy) is 2. The van der Waals surface area contributed by atoms with Crippen LogP contribution in [0.4, 0.5) is 0 Å². The summed E-state index contributed by atoms with van der Waals surface area (Å²) in [5.74, 6) is -0.961. The third-order valence-corrected chi connectivity index (χ3v) is 8.14. The minimum Gasteiger partial charge on any atom is -0.462 e. The molecule has 53 heavy (non-hydrogen) atoms. The maximum atomic E-state index is 12.5. The number of carbonyl (C=O) groups is 2. The smallest absolute Gasteiger partial charge is 0.462 e. The molecule has 0 rings (SSSR count). The third-order valence-electron chi connectivity index (χ3n) is 7.15. The van der Waals surface area contributed by atoms with Crippen molar-refractivity contribution in [2.24, 2.45) is 5.73 Å². The predicted octanol–water partition coefficient (Wildman–Crippen LogP) is 10.8. The van der Waals surface area contributed by atoms with Gasteiger partial charge in [-0.2, -0.15) is 0 Å². The van der Waals surface area contributed by atoms with Crippen molar-refractivity contribution in [1.82, 2.24) is 0 Å². The Morgan fingerprint density at radius 1 is 0.566 bits per heavy atom. The number of carbonyl (C=O) groups excluding carboxylic acids is 2. The van der Waals surface area contributed by atoms with Gasteiger partial charge in [0.15, 0.2) is 6.10 Å². The van der Waals surface area contributed by atoms with Gasteiger partial charge >= 0.3 is 19.8 Å². The summed E-state index contributed by atoms with van der Waals surface area (Å²) in [7, 11) is -4.41. The second-order valence-corrected chi connectivity index (χ2v) is 13.5. The van der Waals surface area contributed by atoms with Crippen LogP contribution in [-0.2, 0) is 32.7 Å². The number of esters is 2. The van der Waals surface area contributed by atoms with Gasteiger partial charge in [-0.3, -0.25) is 18.6 Å². The van der Waals surface area contributed by atoms with Gasteiger partial charge in [0, 0.05) is 19.4 Å². The Kier molecular flexibility index (Phi) is 36.0. The first-order chi connectivity index (χ1) is 25.8. The number of allylic oxidation sites excluding steroid dienone is 18. The van der Waals surface area contributed by atoms with E-state index in [1.807, 2.05) is 6.08 Å². The van der Waals surface area contributed by atoms with Gasteiger partial charge in [0.05, 0.1) is 13.2 Å². The van der Waals surface area contributed by atoms with E-state index in [1.54, 1.807) is 0 Å². The Labute approximate surface area is 320 Å². The van der Waals surface area contributed by atoms with Crippen LogP contribution < -0.4 is 5.73 Å². The number of hydrogen-bond donors (Lipinski definition) is 2. The van der Waals surface area contributed by atoms with Crippen molar-refractivity contribution in [3.05, 3.63) is 109 Å². The number of unbranched alkanes of at least 4 members (excludes halogenated alkanes) is 3. The predicted molar refractivity (Wildman–Crippen MR) is 219 cm³/mol. The van der Waals surface area contributed by atoms with E-state index in [1.165, 1.54) is 0 Å². The van der Waals surface area contributed by atoms with Crippen molar-refractivity contribution in [2.75, 3.05) is 26.4 Å². The number of phosphoric ester groups is 1. The van der Waals surface area contributed by atoms with Crippen molar-refractivity contribution in [3.8, 4) is 0 Å². The van der Waals surface area contributed by atoms with E-state index in [0.717, 1.165) is 77.0 Å². The van der Waals surface area contributed by atoms with Crippen molar-refractivity contribution >= 4 is 19.8 Å². The maximum absolute atomic E-state index is 12.5. The van der Waals surface area contributed by atoms with Crippen LogP contribution in [0.2, 0.25) is 0 Å². The van der Waals surface area contributed by atoms with Gasteiger partial charge in [-0.15, -0.1) is 0 Å². The summed E-state index contributed by atoms with van der Waals surface area (Å²) >= 11 is 0. The molecule has 0 aromatic rings. The topological polar surface area (TPSA) is 134 Å². The molecule has 0 saturated heterocycles. The first-order valence-electron chi connectivity index (χ1n) is 19.4. The molecule has 0 aliphatic heterocycles. The Morgan fingerprint density at radius 3 is 1.43 bits per heavy atom. The summed E-state index contributed by atoms with van der Waals surface area (Å²) in [6, 6.07) is 0. The van der Waals surface area contributed by atoms with Crippen molar-refractivity contribution in [3.63, 3.8) is 0 Å². The highest BCUT2D eigenvalue weighted by Gasteiger charge is 2.25. The summed E-state index contributed by atoms with van der Waals surface area (Å²) in [6.45, 7) is 3.34. The second-order valence-electron chi connectivity index (χ2n) is 12.0. The lowest BCUT2D eigenvalue weighted by atomic mass is 10.2. The minimum absolute atomic E-state index is 0.0322. The van der Waals surface area contributed by atoms with E-state index in [2.05, 4.69) is 117 Å². The van der Waals surface area contributed by atoms with Crippen LogP contribution >= 0.6 is 7.82 Å². The molecule has 0 aliphatic rings. The molecule has 0 aromatic carbocycles. The Hall–Kier alpha value is -3.33. The van der Waals surface area contributed by atoms with Crippen LogP contribution in [0.1, 0.15) is 117 Å². The summed E-state index contributed by atoms with van der Waals surface area (Å²) < 4.78 is 32.6. The zero-order valence-corrected chi connectivity index (χ0v) is 33.3. The molecule has 0 fully saturated rings. The molecule has 2 atom stereocenters. The summed E-state index contributed by atoms with van der Waals surface area (Å²) in [5.41, 5.74) is 5.33. The molecule has 10 heteroatoms. The van der Waals surface area contributed by atoms with Crippen LogP contribution in [0, 0.1) is 0 Å². The minimum atomic E-state index is -4.41. The zero-order valence-electron chi connectivity index (χ0n) is 32.4. The molecule has 0 saturated carbocycles. The van der Waals surface area contributed by atoms with Crippen LogP contribution in [-0.4, -0.2) is 49.3 Å². The molecule has 9 nitrogen and oxygen atoms in total. The fourth-order valence-corrected chi connectivity index (χ4v) is 5.13. The first kappa shape index (κ1) is 49.7. The average molecular weight is 758 g/mol. The number of rotatable bonds is 34. The fourth-order valence-electron chi connectivity index (χ4n) is 4.36. The summed E-state index contributed by atoms with van der Waals surface area (Å²) in [6.07, 6.45) is 49.9. The lowest BCUT2D eigenvalue weighted by Gasteiger charge is -2.19. The highest BCUT2D eigenvalue weighted by molar-refractivity contribution is 7.47. The zero-order chi connectivity index (χ0) is 38.9. The Bertz CT molecular complexity index is 1230. The second kappa shape index (κ2) is 38.4. The summed E-state index contributed by atoms with van der Waals surface area (Å²) in [5, 5.41) is 0. The first-order valence-corrected chi connectivity index (χ1v) is 20.9. The number of hydrogen-bond acceptors (Lipinski definition) is 8. The fraction of sp³-hybridized carbons (Fsp3) is 0.535. The van der Waals surface area contributed by atoms with Gasteiger partial charge in [-0.05, 0) is 89.9 Å². The number of phosphoric acid groups is 1. The molecule has 0 aliphatic carbocycles. The van der Waals surface area contributed by atoms with Crippen molar-refractivity contribution < 1.29 is 37.6 Å². The van der Waals surface area contributed by atoms with Gasteiger partial charge < -0.3 is 20.1 Å². The molecule has 0 heterocycles. The molecule has 0 radical (unpaired) electrons. The Balaban J connectivity index is 4.42. The van der Waals surface area contributed by atoms with E-state index in [-0.39, 0.29) is 32.6 Å². The van der Waals surface area contributed by atoms with Gasteiger partial charge in [0.25, 0.3) is 0 Å². The van der Waals surface area contributed by atoms with Crippen LogP contribution in [0.15, 0.2) is 109 Å². The highest BCUT2D eigenvalue weighted by atomic mass is 31.2. The number of nitrogens with two attached hydrogens (primary N) is 1. The quantitative estimate of drug-likeness (QED) is 0.0285. The van der Waals surface area contributed by atoms with E-state index in [4.69, 9.17) is 24.3 Å². The van der Waals surface area contributed by atoms with Gasteiger partial charge in [0.1, 0.15) is 6.61 Å². The van der Waals surface area contributed by atoms with Crippen LogP contribution in [0.3, 0.4) is 0 Å². The highest BCUT2D eigenvalue weighted by Crippen LogP contribution is 2.43.